The highest BCUT2D eigenvalue weighted by atomic mass is 16.5. The summed E-state index contributed by atoms with van der Waals surface area (Å²) >= 11 is 0. The summed E-state index contributed by atoms with van der Waals surface area (Å²) in [5, 5.41) is 11.6. The number of rotatable bonds is 6. The lowest BCUT2D eigenvalue weighted by atomic mass is 10.1. The first-order chi connectivity index (χ1) is 15.1. The van der Waals surface area contributed by atoms with E-state index < -0.39 is 0 Å². The summed E-state index contributed by atoms with van der Waals surface area (Å²) in [6, 6.07) is 19.2. The molecular formula is C24H27N5O2. The first kappa shape index (κ1) is 20.8. The lowest BCUT2D eigenvalue weighted by Crippen LogP contribution is -2.44. The second kappa shape index (κ2) is 9.57. The van der Waals surface area contributed by atoms with Crippen LogP contribution in [-0.2, 0) is 4.79 Å². The van der Waals surface area contributed by atoms with E-state index in [4.69, 9.17) is 4.74 Å². The Morgan fingerprint density at radius 3 is 2.45 bits per heavy atom. The van der Waals surface area contributed by atoms with Gasteiger partial charge in [0, 0.05) is 37.4 Å². The molecule has 160 valence electrons. The maximum atomic E-state index is 12.2. The van der Waals surface area contributed by atoms with Crippen LogP contribution in [0.3, 0.4) is 0 Å². The van der Waals surface area contributed by atoms with E-state index in [0.717, 1.165) is 48.8 Å². The molecule has 1 aliphatic rings. The van der Waals surface area contributed by atoms with Gasteiger partial charge in [0.05, 0.1) is 5.69 Å². The van der Waals surface area contributed by atoms with E-state index in [1.807, 2.05) is 67.6 Å². The molecule has 0 aliphatic carbocycles. The molecule has 3 aromatic rings. The molecule has 1 saturated heterocycles. The molecule has 0 bridgehead atoms. The molecule has 0 saturated carbocycles. The van der Waals surface area contributed by atoms with E-state index in [1.54, 1.807) is 0 Å². The number of carbonyl (C=O) groups is 1. The van der Waals surface area contributed by atoms with Gasteiger partial charge in [0.15, 0.2) is 12.4 Å². The number of likely N-dealkylation sites (N-methyl/N-ethyl adjacent to an activating group) is 1. The molecule has 0 spiro atoms. The Morgan fingerprint density at radius 1 is 1.00 bits per heavy atom. The third-order valence-corrected chi connectivity index (χ3v) is 5.30. The summed E-state index contributed by atoms with van der Waals surface area (Å²) in [7, 11) is 2.13. The minimum Gasteiger partial charge on any atom is -0.484 e. The van der Waals surface area contributed by atoms with Crippen LogP contribution in [0.2, 0.25) is 0 Å². The highest BCUT2D eigenvalue weighted by Gasteiger charge is 2.15. The number of carbonyl (C=O) groups excluding carboxylic acids is 1. The van der Waals surface area contributed by atoms with Gasteiger partial charge in [0.25, 0.3) is 5.91 Å². The van der Waals surface area contributed by atoms with Crippen molar-refractivity contribution in [1.82, 2.24) is 15.1 Å². The van der Waals surface area contributed by atoms with Crippen LogP contribution >= 0.6 is 0 Å². The number of ether oxygens (including phenoxy) is 1. The van der Waals surface area contributed by atoms with Gasteiger partial charge in [-0.1, -0.05) is 24.3 Å². The standard InChI is InChI=1S/C24H27N5O2/c1-18-4-3-5-21(16-18)31-17-24(30)25-20-8-6-19(7-9-20)22-10-11-23(27-26-22)29-14-12-28(2)13-15-29/h3-11,16H,12-15,17H2,1-2H3,(H,25,30). The second-order valence-corrected chi connectivity index (χ2v) is 7.80. The summed E-state index contributed by atoms with van der Waals surface area (Å²) < 4.78 is 5.54. The van der Waals surface area contributed by atoms with E-state index in [1.165, 1.54) is 0 Å². The number of nitrogens with zero attached hydrogens (tertiary/aromatic N) is 4. The minimum atomic E-state index is -0.203. The maximum Gasteiger partial charge on any atom is 0.262 e. The number of piperazine rings is 1. The highest BCUT2D eigenvalue weighted by molar-refractivity contribution is 5.92. The monoisotopic (exact) mass is 417 g/mol. The lowest BCUT2D eigenvalue weighted by Gasteiger charge is -2.32. The molecule has 1 N–H and O–H groups in total. The molecule has 31 heavy (non-hydrogen) atoms. The van der Waals surface area contributed by atoms with E-state index in [9.17, 15) is 4.79 Å². The average Bonchev–Trinajstić information content (AvgIpc) is 2.79. The number of hydrogen-bond acceptors (Lipinski definition) is 6. The summed E-state index contributed by atoms with van der Waals surface area (Å²) in [6.07, 6.45) is 0. The van der Waals surface area contributed by atoms with E-state index in [0.29, 0.717) is 11.4 Å². The number of nitrogens with one attached hydrogen (secondary N) is 1. The van der Waals surface area contributed by atoms with E-state index >= 15 is 0 Å². The van der Waals surface area contributed by atoms with Crippen LogP contribution < -0.4 is 15.0 Å². The zero-order valence-corrected chi connectivity index (χ0v) is 17.9. The van der Waals surface area contributed by atoms with Crippen LogP contribution in [-0.4, -0.2) is 60.8 Å². The number of amides is 1. The van der Waals surface area contributed by atoms with Gasteiger partial charge in [0.1, 0.15) is 5.75 Å². The van der Waals surface area contributed by atoms with Crippen molar-refractivity contribution in [1.29, 1.82) is 0 Å². The Labute approximate surface area is 182 Å². The Hall–Kier alpha value is -3.45. The Morgan fingerprint density at radius 2 is 1.77 bits per heavy atom. The number of aromatic nitrogens is 2. The van der Waals surface area contributed by atoms with E-state index in [2.05, 4.69) is 32.4 Å². The Kier molecular flexibility index (Phi) is 6.43. The number of benzene rings is 2. The summed E-state index contributed by atoms with van der Waals surface area (Å²) in [4.78, 5) is 16.7. The first-order valence-corrected chi connectivity index (χ1v) is 10.4. The zero-order valence-electron chi connectivity index (χ0n) is 17.9. The fourth-order valence-electron chi connectivity index (χ4n) is 3.46. The molecule has 4 rings (SSSR count). The van der Waals surface area contributed by atoms with Crippen molar-refractivity contribution < 1.29 is 9.53 Å². The molecule has 7 nitrogen and oxygen atoms in total. The largest absolute Gasteiger partial charge is 0.484 e. The van der Waals surface area contributed by atoms with Gasteiger partial charge in [-0.2, -0.15) is 0 Å². The van der Waals surface area contributed by atoms with Crippen molar-refractivity contribution in [3.05, 3.63) is 66.2 Å². The fourth-order valence-corrected chi connectivity index (χ4v) is 3.46. The minimum absolute atomic E-state index is 0.0373. The van der Waals surface area contributed by atoms with Crippen molar-refractivity contribution in [3.8, 4) is 17.0 Å². The van der Waals surface area contributed by atoms with Crippen molar-refractivity contribution in [3.63, 3.8) is 0 Å². The zero-order chi connectivity index (χ0) is 21.6. The van der Waals surface area contributed by atoms with Gasteiger partial charge in [0.2, 0.25) is 0 Å². The third-order valence-electron chi connectivity index (χ3n) is 5.30. The quantitative estimate of drug-likeness (QED) is 0.664. The molecule has 2 heterocycles. The predicted octanol–water partition coefficient (Wildman–Crippen LogP) is 3.22. The molecule has 7 heteroatoms. The van der Waals surface area contributed by atoms with Gasteiger partial charge in [-0.05, 0) is 55.9 Å². The summed E-state index contributed by atoms with van der Waals surface area (Å²) in [6.45, 7) is 5.95. The molecule has 0 atom stereocenters. The summed E-state index contributed by atoms with van der Waals surface area (Å²) in [5.74, 6) is 1.39. The van der Waals surface area contributed by atoms with E-state index in [-0.39, 0.29) is 12.5 Å². The van der Waals surface area contributed by atoms with Gasteiger partial charge >= 0.3 is 0 Å². The molecule has 1 aromatic heterocycles. The van der Waals surface area contributed by atoms with Crippen LogP contribution in [0, 0.1) is 6.92 Å². The molecular weight excluding hydrogens is 390 g/mol. The SMILES string of the molecule is Cc1cccc(OCC(=O)Nc2ccc(-c3ccc(N4CCN(C)CC4)nn3)cc2)c1. The van der Waals surface area contributed by atoms with Crippen LogP contribution in [0.5, 0.6) is 5.75 Å². The Balaban J connectivity index is 1.32. The van der Waals surface area contributed by atoms with Gasteiger partial charge in [-0.25, -0.2) is 0 Å². The third kappa shape index (κ3) is 5.58. The predicted molar refractivity (Wildman–Crippen MR) is 122 cm³/mol. The van der Waals surface area contributed by atoms with Crippen LogP contribution in [0.1, 0.15) is 5.56 Å². The normalized spacial score (nSPS) is 14.3. The van der Waals surface area contributed by atoms with Crippen molar-refractivity contribution in [2.75, 3.05) is 50.1 Å². The number of hydrogen-bond donors (Lipinski definition) is 1. The molecule has 0 unspecified atom stereocenters. The molecule has 0 radical (unpaired) electrons. The molecule has 1 aliphatic heterocycles. The first-order valence-electron chi connectivity index (χ1n) is 10.4. The molecule has 1 fully saturated rings. The second-order valence-electron chi connectivity index (χ2n) is 7.80. The van der Waals surface area contributed by atoms with Crippen molar-refractivity contribution in [2.24, 2.45) is 0 Å². The van der Waals surface area contributed by atoms with Crippen molar-refractivity contribution in [2.45, 2.75) is 6.92 Å². The maximum absolute atomic E-state index is 12.2. The lowest BCUT2D eigenvalue weighted by molar-refractivity contribution is -0.118. The van der Waals surface area contributed by atoms with Gasteiger partial charge < -0.3 is 19.9 Å². The van der Waals surface area contributed by atoms with Crippen LogP contribution in [0.25, 0.3) is 11.3 Å². The smallest absolute Gasteiger partial charge is 0.262 e. The van der Waals surface area contributed by atoms with Crippen molar-refractivity contribution >= 4 is 17.4 Å². The van der Waals surface area contributed by atoms with Gasteiger partial charge in [-0.3, -0.25) is 4.79 Å². The van der Waals surface area contributed by atoms with Gasteiger partial charge in [-0.15, -0.1) is 10.2 Å². The average molecular weight is 418 g/mol. The summed E-state index contributed by atoms with van der Waals surface area (Å²) in [5.41, 5.74) is 3.56. The topological polar surface area (TPSA) is 70.6 Å². The molecule has 2 aromatic carbocycles. The number of aryl methyl sites for hydroxylation is 1. The van der Waals surface area contributed by atoms with Crippen LogP contribution in [0.4, 0.5) is 11.5 Å². The fraction of sp³-hybridized carbons (Fsp3) is 0.292. The highest BCUT2D eigenvalue weighted by Crippen LogP contribution is 2.21. The Bertz CT molecular complexity index is 1010. The number of anilines is 2. The van der Waals surface area contributed by atoms with Crippen LogP contribution in [0.15, 0.2) is 60.7 Å². The molecule has 1 amide bonds.